The van der Waals surface area contributed by atoms with Crippen molar-refractivity contribution in [1.82, 2.24) is 4.90 Å². The Bertz CT molecular complexity index is 1360. The Kier molecular flexibility index (Phi) is 8.21. The van der Waals surface area contributed by atoms with E-state index in [1.54, 1.807) is 24.3 Å². The fraction of sp³-hybridized carbons (Fsp3) is 0.0800. The second-order valence-electron chi connectivity index (χ2n) is 7.56. The van der Waals surface area contributed by atoms with E-state index in [2.05, 4.69) is 5.32 Å². The van der Waals surface area contributed by atoms with Crippen LogP contribution in [0.5, 0.6) is 5.75 Å². The van der Waals surface area contributed by atoms with Gasteiger partial charge < -0.3 is 10.1 Å². The first-order valence-electron chi connectivity index (χ1n) is 10.4. The summed E-state index contributed by atoms with van der Waals surface area (Å²) in [7, 11) is 0. The summed E-state index contributed by atoms with van der Waals surface area (Å²) in [6, 6.07) is 15.5. The van der Waals surface area contributed by atoms with Gasteiger partial charge in [-0.25, -0.2) is 4.39 Å². The number of hydrogen-bond donors (Lipinski definition) is 1. The van der Waals surface area contributed by atoms with Crippen LogP contribution in [0.2, 0.25) is 15.1 Å². The molecule has 1 N–H and O–H groups in total. The predicted molar refractivity (Wildman–Crippen MR) is 140 cm³/mol. The first-order valence-corrected chi connectivity index (χ1v) is 12.3. The average Bonchev–Trinajstić information content (AvgIpc) is 3.07. The van der Waals surface area contributed by atoms with Gasteiger partial charge in [-0.1, -0.05) is 53.0 Å². The zero-order valence-corrected chi connectivity index (χ0v) is 21.3. The van der Waals surface area contributed by atoms with Gasteiger partial charge in [-0.15, -0.1) is 0 Å². The number of thioether (sulfide) groups is 1. The zero-order chi connectivity index (χ0) is 25.8. The molecular formula is C25H16Cl3FN2O4S. The summed E-state index contributed by atoms with van der Waals surface area (Å²) in [5.41, 5.74) is 1.55. The highest BCUT2D eigenvalue weighted by Gasteiger charge is 2.36. The maximum absolute atomic E-state index is 13.3. The third-order valence-electron chi connectivity index (χ3n) is 4.90. The fourth-order valence-electron chi connectivity index (χ4n) is 3.23. The van der Waals surface area contributed by atoms with Crippen molar-refractivity contribution in [1.29, 1.82) is 0 Å². The minimum atomic E-state index is -0.644. The Balaban J connectivity index is 1.43. The summed E-state index contributed by atoms with van der Waals surface area (Å²) >= 11 is 19.3. The number of hydrogen-bond acceptors (Lipinski definition) is 5. The summed E-state index contributed by atoms with van der Waals surface area (Å²) in [6.07, 6.45) is 1.45. The van der Waals surface area contributed by atoms with Crippen molar-refractivity contribution in [2.75, 3.05) is 11.9 Å². The van der Waals surface area contributed by atoms with Gasteiger partial charge in [0.1, 0.15) is 19.0 Å². The molecule has 3 amide bonds. The Labute approximate surface area is 225 Å². The lowest BCUT2D eigenvalue weighted by molar-refractivity contribution is -0.127. The quantitative estimate of drug-likeness (QED) is 0.311. The fourth-order valence-corrected chi connectivity index (χ4v) is 4.81. The van der Waals surface area contributed by atoms with Crippen LogP contribution >= 0.6 is 46.6 Å². The van der Waals surface area contributed by atoms with Crippen molar-refractivity contribution in [2.45, 2.75) is 6.61 Å². The van der Waals surface area contributed by atoms with E-state index < -0.39 is 29.4 Å². The normalized spacial score (nSPS) is 14.4. The number of anilines is 1. The Hall–Kier alpha value is -3.04. The van der Waals surface area contributed by atoms with E-state index in [0.717, 1.165) is 16.5 Å². The molecule has 1 saturated heterocycles. The van der Waals surface area contributed by atoms with Gasteiger partial charge in [-0.3, -0.25) is 19.3 Å². The molecule has 0 bridgehead atoms. The highest BCUT2D eigenvalue weighted by Crippen LogP contribution is 2.37. The molecule has 4 rings (SSSR count). The molecule has 0 atom stereocenters. The molecule has 3 aromatic carbocycles. The summed E-state index contributed by atoms with van der Waals surface area (Å²) in [5, 5.41) is 2.89. The monoisotopic (exact) mass is 564 g/mol. The first kappa shape index (κ1) is 26.0. The van der Waals surface area contributed by atoms with Crippen molar-refractivity contribution in [3.8, 4) is 5.75 Å². The van der Waals surface area contributed by atoms with Crippen molar-refractivity contribution < 1.29 is 23.5 Å². The lowest BCUT2D eigenvalue weighted by atomic mass is 10.2. The van der Waals surface area contributed by atoms with Crippen LogP contribution in [0.25, 0.3) is 6.08 Å². The Morgan fingerprint density at radius 2 is 1.72 bits per heavy atom. The van der Waals surface area contributed by atoms with E-state index in [1.165, 1.54) is 24.3 Å². The van der Waals surface area contributed by atoms with Gasteiger partial charge in [0, 0.05) is 10.7 Å². The molecule has 0 saturated carbocycles. The van der Waals surface area contributed by atoms with Crippen molar-refractivity contribution >= 4 is 75.4 Å². The molecule has 0 unspecified atom stereocenters. The number of nitrogens with one attached hydrogen (secondary N) is 1. The molecule has 11 heteroatoms. The molecule has 1 fully saturated rings. The van der Waals surface area contributed by atoms with E-state index in [0.29, 0.717) is 22.3 Å². The molecular weight excluding hydrogens is 550 g/mol. The van der Waals surface area contributed by atoms with Crippen LogP contribution in [0, 0.1) is 5.82 Å². The van der Waals surface area contributed by atoms with Gasteiger partial charge in [0.2, 0.25) is 5.91 Å². The van der Waals surface area contributed by atoms with E-state index in [-0.39, 0.29) is 33.0 Å². The highest BCUT2D eigenvalue weighted by molar-refractivity contribution is 8.18. The molecule has 1 heterocycles. The topological polar surface area (TPSA) is 75.7 Å². The van der Waals surface area contributed by atoms with Crippen LogP contribution in [0.3, 0.4) is 0 Å². The van der Waals surface area contributed by atoms with E-state index in [9.17, 15) is 18.8 Å². The predicted octanol–water partition coefficient (Wildman–Crippen LogP) is 7.04. The van der Waals surface area contributed by atoms with Gasteiger partial charge in [0.05, 0.1) is 15.0 Å². The molecule has 3 aromatic rings. The summed E-state index contributed by atoms with van der Waals surface area (Å²) in [6.45, 7) is -0.302. The lowest BCUT2D eigenvalue weighted by Gasteiger charge is -2.12. The van der Waals surface area contributed by atoms with Crippen molar-refractivity contribution in [3.05, 3.63) is 97.6 Å². The minimum Gasteiger partial charge on any atom is -0.486 e. The Morgan fingerprint density at radius 3 is 2.39 bits per heavy atom. The number of carbonyl (C=O) groups excluding carboxylic acids is 3. The van der Waals surface area contributed by atoms with Gasteiger partial charge in [0.15, 0.2) is 5.75 Å². The molecule has 6 nitrogen and oxygen atoms in total. The third kappa shape index (κ3) is 6.39. The van der Waals surface area contributed by atoms with Crippen LogP contribution in [0.1, 0.15) is 11.1 Å². The SMILES string of the molecule is O=C(CN1C(=O)S/C(=C/c2cc(Cl)c(OCc3ccc(Cl)cc3)c(Cl)c2)C1=O)Nc1cccc(F)c1. The van der Waals surface area contributed by atoms with Gasteiger partial charge >= 0.3 is 0 Å². The Morgan fingerprint density at radius 1 is 1.03 bits per heavy atom. The van der Waals surface area contributed by atoms with Crippen LogP contribution in [0.15, 0.2) is 65.6 Å². The molecule has 0 spiro atoms. The summed E-state index contributed by atoms with van der Waals surface area (Å²) in [5.74, 6) is -1.54. The van der Waals surface area contributed by atoms with Crippen LogP contribution in [-0.4, -0.2) is 28.5 Å². The number of halogens is 4. The number of benzene rings is 3. The number of ether oxygens (including phenoxy) is 1. The number of amides is 3. The van der Waals surface area contributed by atoms with Gasteiger partial charge in [0.25, 0.3) is 11.1 Å². The van der Waals surface area contributed by atoms with Gasteiger partial charge in [-0.2, -0.15) is 0 Å². The maximum atomic E-state index is 13.3. The standard InChI is InChI=1S/C25H16Cl3FN2O4S/c26-16-6-4-14(5-7-16)13-35-23-19(27)8-15(9-20(23)28)10-21-24(33)31(25(34)36-21)12-22(32)30-18-3-1-2-17(29)11-18/h1-11H,12-13H2,(H,30,32)/b21-10+. The molecule has 0 aliphatic carbocycles. The summed E-state index contributed by atoms with van der Waals surface area (Å²) < 4.78 is 19.1. The van der Waals surface area contributed by atoms with E-state index >= 15 is 0 Å². The van der Waals surface area contributed by atoms with E-state index in [1.807, 2.05) is 12.1 Å². The molecule has 1 aliphatic heterocycles. The second kappa shape index (κ2) is 11.3. The first-order chi connectivity index (χ1) is 17.2. The summed E-state index contributed by atoms with van der Waals surface area (Å²) in [4.78, 5) is 38.3. The van der Waals surface area contributed by atoms with E-state index in [4.69, 9.17) is 39.5 Å². The molecule has 36 heavy (non-hydrogen) atoms. The largest absolute Gasteiger partial charge is 0.486 e. The third-order valence-corrected chi connectivity index (χ3v) is 6.62. The van der Waals surface area contributed by atoms with Crippen LogP contribution in [-0.2, 0) is 16.2 Å². The number of imide groups is 1. The van der Waals surface area contributed by atoms with Crippen molar-refractivity contribution in [2.24, 2.45) is 0 Å². The number of rotatable bonds is 7. The highest BCUT2D eigenvalue weighted by atomic mass is 35.5. The maximum Gasteiger partial charge on any atom is 0.294 e. The molecule has 0 aromatic heterocycles. The molecule has 0 radical (unpaired) electrons. The number of nitrogens with zero attached hydrogens (tertiary/aromatic N) is 1. The van der Waals surface area contributed by atoms with Crippen molar-refractivity contribution in [3.63, 3.8) is 0 Å². The zero-order valence-electron chi connectivity index (χ0n) is 18.3. The van der Waals surface area contributed by atoms with Crippen LogP contribution < -0.4 is 10.1 Å². The second-order valence-corrected chi connectivity index (χ2v) is 9.80. The van der Waals surface area contributed by atoms with Gasteiger partial charge in [-0.05, 0) is 71.4 Å². The lowest BCUT2D eigenvalue weighted by Crippen LogP contribution is -2.36. The smallest absolute Gasteiger partial charge is 0.294 e. The van der Waals surface area contributed by atoms with Crippen LogP contribution in [0.4, 0.5) is 14.9 Å². The molecule has 184 valence electrons. The minimum absolute atomic E-state index is 0.0977. The number of carbonyl (C=O) groups is 3. The average molecular weight is 566 g/mol. The molecule has 1 aliphatic rings.